The van der Waals surface area contributed by atoms with Crippen LogP contribution in [-0.2, 0) is 0 Å². The predicted molar refractivity (Wildman–Crippen MR) is 99.4 cm³/mol. The zero-order valence-electron chi connectivity index (χ0n) is 15.1. The van der Waals surface area contributed by atoms with Gasteiger partial charge in [-0.25, -0.2) is 15.0 Å². The number of nitrogens with zero attached hydrogens (tertiary/aromatic N) is 4. The van der Waals surface area contributed by atoms with Crippen LogP contribution in [0.1, 0.15) is 24.6 Å². The molecule has 0 radical (unpaired) electrons. The Balaban J connectivity index is 1.66. The SMILES string of the molecule is FC(F)(F)Oc1ccnc(Nc2cc([C@H]3CCCN3)nc(-c3cccnc3)n2)c1. The average molecular weight is 402 g/mol. The molecule has 1 atom stereocenters. The molecule has 0 aromatic carbocycles. The summed E-state index contributed by atoms with van der Waals surface area (Å²) in [6.45, 7) is 0.901. The molecule has 10 heteroatoms. The largest absolute Gasteiger partial charge is 0.573 e. The highest BCUT2D eigenvalue weighted by atomic mass is 19.4. The summed E-state index contributed by atoms with van der Waals surface area (Å²) in [7, 11) is 0. The van der Waals surface area contributed by atoms with Gasteiger partial charge in [0.1, 0.15) is 17.4 Å². The van der Waals surface area contributed by atoms with Gasteiger partial charge in [0.05, 0.1) is 5.69 Å². The van der Waals surface area contributed by atoms with Gasteiger partial charge in [-0.2, -0.15) is 0 Å². The normalized spacial score (nSPS) is 16.6. The van der Waals surface area contributed by atoms with E-state index in [9.17, 15) is 13.2 Å². The van der Waals surface area contributed by atoms with E-state index in [1.54, 1.807) is 24.5 Å². The maximum Gasteiger partial charge on any atom is 0.573 e. The zero-order valence-corrected chi connectivity index (χ0v) is 15.1. The van der Waals surface area contributed by atoms with Gasteiger partial charge in [0.25, 0.3) is 0 Å². The van der Waals surface area contributed by atoms with Crippen LogP contribution < -0.4 is 15.4 Å². The summed E-state index contributed by atoms with van der Waals surface area (Å²) < 4.78 is 41.4. The van der Waals surface area contributed by atoms with Crippen molar-refractivity contribution in [3.05, 3.63) is 54.6 Å². The van der Waals surface area contributed by atoms with Crippen molar-refractivity contribution in [2.45, 2.75) is 25.2 Å². The standard InChI is InChI=1S/C19H17F3N6O/c20-19(21,22)29-13-5-8-25-16(9-13)27-17-10-15(14-4-2-7-24-14)26-18(28-17)12-3-1-6-23-11-12/h1,3,5-6,8-11,14,24H,2,4,7H2,(H,25,26,27,28)/t14-/m1/s1. The molecule has 0 spiro atoms. The fourth-order valence-corrected chi connectivity index (χ4v) is 3.08. The van der Waals surface area contributed by atoms with Crippen LogP contribution >= 0.6 is 0 Å². The molecule has 1 aliphatic rings. The van der Waals surface area contributed by atoms with E-state index in [1.807, 2.05) is 6.07 Å². The lowest BCUT2D eigenvalue weighted by molar-refractivity contribution is -0.274. The van der Waals surface area contributed by atoms with E-state index in [0.717, 1.165) is 42.8 Å². The Labute approximate surface area is 164 Å². The van der Waals surface area contributed by atoms with Gasteiger partial charge in [-0.3, -0.25) is 4.98 Å². The van der Waals surface area contributed by atoms with Gasteiger partial charge in [-0.1, -0.05) is 0 Å². The van der Waals surface area contributed by atoms with E-state index in [0.29, 0.717) is 11.6 Å². The number of hydrogen-bond donors (Lipinski definition) is 2. The molecule has 0 saturated carbocycles. The van der Waals surface area contributed by atoms with E-state index in [1.165, 1.54) is 6.20 Å². The number of aromatic nitrogens is 4. The van der Waals surface area contributed by atoms with E-state index < -0.39 is 6.36 Å². The summed E-state index contributed by atoms with van der Waals surface area (Å²) in [5, 5.41) is 6.33. The molecule has 4 heterocycles. The molecule has 1 fully saturated rings. The number of hydrogen-bond acceptors (Lipinski definition) is 7. The van der Waals surface area contributed by atoms with Gasteiger partial charge in [0.15, 0.2) is 5.82 Å². The Morgan fingerprint density at radius 3 is 2.72 bits per heavy atom. The number of pyridine rings is 2. The van der Waals surface area contributed by atoms with Crippen molar-refractivity contribution in [2.24, 2.45) is 0 Å². The third kappa shape index (κ3) is 4.96. The van der Waals surface area contributed by atoms with Crippen LogP contribution in [-0.4, -0.2) is 32.8 Å². The van der Waals surface area contributed by atoms with E-state index in [-0.39, 0.29) is 17.6 Å². The van der Waals surface area contributed by atoms with E-state index in [2.05, 4.69) is 35.3 Å². The first-order valence-corrected chi connectivity index (χ1v) is 8.98. The minimum absolute atomic E-state index is 0.0850. The van der Waals surface area contributed by atoms with Gasteiger partial charge in [-0.05, 0) is 37.6 Å². The van der Waals surface area contributed by atoms with Crippen molar-refractivity contribution < 1.29 is 17.9 Å². The third-order valence-corrected chi connectivity index (χ3v) is 4.30. The van der Waals surface area contributed by atoms with Gasteiger partial charge in [-0.15, -0.1) is 13.2 Å². The summed E-state index contributed by atoms with van der Waals surface area (Å²) in [4.78, 5) is 17.3. The Kier molecular flexibility index (Phi) is 5.26. The first kappa shape index (κ1) is 19.1. The lowest BCUT2D eigenvalue weighted by atomic mass is 10.1. The highest BCUT2D eigenvalue weighted by Gasteiger charge is 2.31. The van der Waals surface area contributed by atoms with Crippen LogP contribution in [0.15, 0.2) is 48.9 Å². The Bertz CT molecular complexity index is 977. The van der Waals surface area contributed by atoms with Gasteiger partial charge >= 0.3 is 6.36 Å². The van der Waals surface area contributed by atoms with Gasteiger partial charge < -0.3 is 15.4 Å². The maximum absolute atomic E-state index is 12.5. The molecule has 0 aliphatic carbocycles. The molecule has 3 aromatic rings. The number of nitrogens with one attached hydrogen (secondary N) is 2. The second-order valence-electron chi connectivity index (χ2n) is 6.44. The van der Waals surface area contributed by atoms with Crippen molar-refractivity contribution in [1.29, 1.82) is 0 Å². The first-order valence-electron chi connectivity index (χ1n) is 8.98. The number of ether oxygens (including phenoxy) is 1. The lowest BCUT2D eigenvalue weighted by Crippen LogP contribution is -2.17. The van der Waals surface area contributed by atoms with Crippen LogP contribution in [0.2, 0.25) is 0 Å². The van der Waals surface area contributed by atoms with E-state index in [4.69, 9.17) is 0 Å². The maximum atomic E-state index is 12.5. The zero-order chi connectivity index (χ0) is 20.3. The monoisotopic (exact) mass is 402 g/mol. The first-order chi connectivity index (χ1) is 14.0. The molecule has 1 aliphatic heterocycles. The topological polar surface area (TPSA) is 84.9 Å². The number of anilines is 2. The predicted octanol–water partition coefficient (Wildman–Crippen LogP) is 4.00. The molecule has 29 heavy (non-hydrogen) atoms. The van der Waals surface area contributed by atoms with Crippen molar-refractivity contribution in [3.8, 4) is 17.1 Å². The van der Waals surface area contributed by atoms with Crippen molar-refractivity contribution in [3.63, 3.8) is 0 Å². The second kappa shape index (κ2) is 8.00. The van der Waals surface area contributed by atoms with Crippen LogP contribution in [0.4, 0.5) is 24.8 Å². The second-order valence-corrected chi connectivity index (χ2v) is 6.44. The number of halogens is 3. The fraction of sp³-hybridized carbons (Fsp3) is 0.263. The Morgan fingerprint density at radius 1 is 1.10 bits per heavy atom. The van der Waals surface area contributed by atoms with Gasteiger partial charge in [0, 0.05) is 42.3 Å². The van der Waals surface area contributed by atoms with E-state index >= 15 is 0 Å². The number of alkyl halides is 3. The smallest absolute Gasteiger partial charge is 0.406 e. The molecular weight excluding hydrogens is 385 g/mol. The average Bonchev–Trinajstić information content (AvgIpc) is 3.22. The highest BCUT2D eigenvalue weighted by Crippen LogP contribution is 2.28. The molecule has 1 saturated heterocycles. The summed E-state index contributed by atoms with van der Waals surface area (Å²) in [5.74, 6) is 0.691. The minimum atomic E-state index is -4.78. The van der Waals surface area contributed by atoms with Crippen LogP contribution in [0.3, 0.4) is 0 Å². The summed E-state index contributed by atoms with van der Waals surface area (Å²) in [5.41, 5.74) is 1.53. The van der Waals surface area contributed by atoms with Crippen LogP contribution in [0, 0.1) is 0 Å². The summed E-state index contributed by atoms with van der Waals surface area (Å²) in [6.07, 6.45) is 1.74. The highest BCUT2D eigenvalue weighted by molar-refractivity contribution is 5.60. The molecular formula is C19H17F3N6O. The quantitative estimate of drug-likeness (QED) is 0.667. The summed E-state index contributed by atoms with van der Waals surface area (Å²) >= 11 is 0. The molecule has 0 amide bonds. The molecule has 7 nitrogen and oxygen atoms in total. The fourth-order valence-electron chi connectivity index (χ4n) is 3.08. The molecule has 0 unspecified atom stereocenters. The molecule has 2 N–H and O–H groups in total. The van der Waals surface area contributed by atoms with Gasteiger partial charge in [0.2, 0.25) is 0 Å². The third-order valence-electron chi connectivity index (χ3n) is 4.30. The van der Waals surface area contributed by atoms with Crippen molar-refractivity contribution in [1.82, 2.24) is 25.3 Å². The lowest BCUT2D eigenvalue weighted by Gasteiger charge is -2.14. The number of rotatable bonds is 5. The minimum Gasteiger partial charge on any atom is -0.406 e. The van der Waals surface area contributed by atoms with Crippen LogP contribution in [0.25, 0.3) is 11.4 Å². The Hall–Kier alpha value is -3.27. The molecule has 0 bridgehead atoms. The molecule has 4 rings (SSSR count). The van der Waals surface area contributed by atoms with Crippen LogP contribution in [0.5, 0.6) is 5.75 Å². The molecule has 3 aromatic heterocycles. The van der Waals surface area contributed by atoms with Crippen molar-refractivity contribution in [2.75, 3.05) is 11.9 Å². The Morgan fingerprint density at radius 2 is 2.00 bits per heavy atom. The summed E-state index contributed by atoms with van der Waals surface area (Å²) in [6, 6.07) is 7.77. The molecule has 150 valence electrons. The van der Waals surface area contributed by atoms with Crippen molar-refractivity contribution >= 4 is 11.6 Å².